The summed E-state index contributed by atoms with van der Waals surface area (Å²) in [7, 11) is 0. The van der Waals surface area contributed by atoms with Crippen molar-refractivity contribution in [2.45, 2.75) is 19.6 Å². The first-order valence-corrected chi connectivity index (χ1v) is 9.03. The van der Waals surface area contributed by atoms with Crippen molar-refractivity contribution in [3.05, 3.63) is 71.4 Å². The number of hydrogen-bond acceptors (Lipinski definition) is 4. The number of ether oxygens (including phenoxy) is 1. The molecule has 3 aromatic rings. The third-order valence-corrected chi connectivity index (χ3v) is 4.25. The summed E-state index contributed by atoms with van der Waals surface area (Å²) in [5.41, 5.74) is 2.55. The molecule has 0 saturated carbocycles. The summed E-state index contributed by atoms with van der Waals surface area (Å²) in [5, 5.41) is 4.64. The number of amides is 1. The summed E-state index contributed by atoms with van der Waals surface area (Å²) in [6.07, 6.45) is -1.49. The monoisotopic (exact) mass is 417 g/mol. The van der Waals surface area contributed by atoms with Gasteiger partial charge in [0.2, 0.25) is 0 Å². The lowest BCUT2D eigenvalue weighted by molar-refractivity contribution is -0.143. The first-order chi connectivity index (χ1) is 14.3. The molecule has 0 bridgehead atoms. The number of benzene rings is 2. The predicted octanol–water partition coefficient (Wildman–Crippen LogP) is 3.99. The molecule has 0 spiro atoms. The number of para-hydroxylation sites is 1. The van der Waals surface area contributed by atoms with Gasteiger partial charge in [-0.15, -0.1) is 0 Å². The van der Waals surface area contributed by atoms with Crippen LogP contribution in [0, 0.1) is 0 Å². The van der Waals surface area contributed by atoms with Crippen molar-refractivity contribution in [3.8, 4) is 0 Å². The van der Waals surface area contributed by atoms with Gasteiger partial charge in [0.15, 0.2) is 0 Å². The molecule has 2 aromatic carbocycles. The maximum atomic E-state index is 12.8. The van der Waals surface area contributed by atoms with Crippen molar-refractivity contribution < 1.29 is 27.5 Å². The smallest absolute Gasteiger partial charge is 0.416 e. The molecule has 0 aliphatic rings. The number of alkyl halides is 3. The van der Waals surface area contributed by atoms with E-state index in [9.17, 15) is 22.8 Å². The molecular weight excluding hydrogens is 399 g/mol. The Balaban J connectivity index is 1.78. The Hall–Kier alpha value is -3.62. The van der Waals surface area contributed by atoms with E-state index < -0.39 is 17.6 Å². The van der Waals surface area contributed by atoms with Crippen molar-refractivity contribution in [2.75, 3.05) is 6.61 Å². The molecule has 0 fully saturated rings. The molecule has 1 aromatic heterocycles. The van der Waals surface area contributed by atoms with E-state index in [1.165, 1.54) is 12.3 Å². The van der Waals surface area contributed by atoms with Crippen LogP contribution in [0.3, 0.4) is 0 Å². The topological polar surface area (TPSA) is 72.7 Å². The Kier molecular flexibility index (Phi) is 6.20. The number of carbonyl (C=O) groups excluding carboxylic acids is 2. The number of nitrogens with zero attached hydrogens (tertiary/aromatic N) is 2. The zero-order valence-corrected chi connectivity index (χ0v) is 15.9. The van der Waals surface area contributed by atoms with Crippen molar-refractivity contribution >= 4 is 29.0 Å². The number of carbonyl (C=O) groups is 2. The van der Waals surface area contributed by atoms with Crippen LogP contribution < -0.4 is 5.43 Å². The number of nitrogens with one attached hydrogen (secondary N) is 1. The molecule has 1 heterocycles. The molecule has 0 aliphatic carbocycles. The maximum Gasteiger partial charge on any atom is 0.416 e. The third-order valence-electron chi connectivity index (χ3n) is 4.25. The second-order valence-corrected chi connectivity index (χ2v) is 6.31. The molecular formula is C21H18F3N3O3. The molecule has 0 saturated heterocycles. The van der Waals surface area contributed by atoms with Gasteiger partial charge in [0.1, 0.15) is 6.54 Å². The lowest BCUT2D eigenvalue weighted by atomic mass is 10.1. The van der Waals surface area contributed by atoms with Gasteiger partial charge in [0, 0.05) is 28.2 Å². The average Bonchev–Trinajstić information content (AvgIpc) is 3.05. The van der Waals surface area contributed by atoms with Crippen LogP contribution in [-0.4, -0.2) is 29.3 Å². The molecule has 0 atom stereocenters. The third kappa shape index (κ3) is 4.86. The van der Waals surface area contributed by atoms with E-state index in [4.69, 9.17) is 4.74 Å². The zero-order chi connectivity index (χ0) is 21.7. The molecule has 0 aliphatic heterocycles. The van der Waals surface area contributed by atoms with Crippen LogP contribution in [0.1, 0.15) is 28.4 Å². The highest BCUT2D eigenvalue weighted by Crippen LogP contribution is 2.29. The predicted molar refractivity (Wildman–Crippen MR) is 105 cm³/mol. The van der Waals surface area contributed by atoms with Crippen LogP contribution in [0.25, 0.3) is 10.9 Å². The second kappa shape index (κ2) is 8.81. The summed E-state index contributed by atoms with van der Waals surface area (Å²) < 4.78 is 45.1. The molecule has 156 valence electrons. The Morgan fingerprint density at radius 1 is 1.17 bits per heavy atom. The van der Waals surface area contributed by atoms with E-state index in [-0.39, 0.29) is 24.7 Å². The van der Waals surface area contributed by atoms with Crippen LogP contribution in [0.15, 0.2) is 59.8 Å². The molecule has 6 nitrogen and oxygen atoms in total. The number of esters is 1. The van der Waals surface area contributed by atoms with E-state index in [0.717, 1.165) is 29.1 Å². The fourth-order valence-electron chi connectivity index (χ4n) is 2.92. The van der Waals surface area contributed by atoms with Crippen LogP contribution in [-0.2, 0) is 22.3 Å². The molecule has 1 amide bonds. The quantitative estimate of drug-likeness (QED) is 0.375. The van der Waals surface area contributed by atoms with Crippen molar-refractivity contribution in [3.63, 3.8) is 0 Å². The molecule has 30 heavy (non-hydrogen) atoms. The van der Waals surface area contributed by atoms with E-state index >= 15 is 0 Å². The van der Waals surface area contributed by atoms with Gasteiger partial charge in [-0.1, -0.05) is 24.3 Å². The number of fused-ring (bicyclic) bond motifs is 1. The SMILES string of the molecule is CCOC(=O)Cn1cc(C=NNC(=O)c2cccc(C(F)(F)F)c2)c2ccccc21. The standard InChI is InChI=1S/C21H18F3N3O3/c1-2-30-19(28)13-27-12-15(17-8-3-4-9-18(17)27)11-25-26-20(29)14-6-5-7-16(10-14)21(22,23)24/h3-12H,2,13H2,1H3,(H,26,29). The minimum absolute atomic E-state index is 0.0127. The molecule has 0 radical (unpaired) electrons. The van der Waals surface area contributed by atoms with Gasteiger partial charge < -0.3 is 9.30 Å². The highest BCUT2D eigenvalue weighted by molar-refractivity contribution is 6.01. The van der Waals surface area contributed by atoms with Crippen LogP contribution in [0.2, 0.25) is 0 Å². The van der Waals surface area contributed by atoms with Crippen LogP contribution in [0.4, 0.5) is 13.2 Å². The Morgan fingerprint density at radius 3 is 2.67 bits per heavy atom. The summed E-state index contributed by atoms with van der Waals surface area (Å²) >= 11 is 0. The first kappa shape index (κ1) is 21.1. The normalized spacial score (nSPS) is 11.7. The highest BCUT2D eigenvalue weighted by Gasteiger charge is 2.30. The lowest BCUT2D eigenvalue weighted by Crippen LogP contribution is -2.18. The van der Waals surface area contributed by atoms with E-state index in [0.29, 0.717) is 5.56 Å². The fourth-order valence-corrected chi connectivity index (χ4v) is 2.92. The number of hydrogen-bond donors (Lipinski definition) is 1. The number of rotatable bonds is 6. The highest BCUT2D eigenvalue weighted by atomic mass is 19.4. The van der Waals surface area contributed by atoms with Gasteiger partial charge in [-0.25, -0.2) is 5.43 Å². The van der Waals surface area contributed by atoms with Crippen molar-refractivity contribution in [1.82, 2.24) is 9.99 Å². The summed E-state index contributed by atoms with van der Waals surface area (Å²) in [5.74, 6) is -1.16. The molecule has 9 heteroatoms. The Labute approximate surface area is 169 Å². The fraction of sp³-hybridized carbons (Fsp3) is 0.190. The van der Waals surface area contributed by atoms with Crippen molar-refractivity contribution in [2.24, 2.45) is 5.10 Å². The lowest BCUT2D eigenvalue weighted by Gasteiger charge is -2.07. The Morgan fingerprint density at radius 2 is 1.93 bits per heavy atom. The minimum atomic E-state index is -4.54. The number of hydrazone groups is 1. The summed E-state index contributed by atoms with van der Waals surface area (Å²) in [6, 6.07) is 11.4. The van der Waals surface area contributed by atoms with Crippen molar-refractivity contribution in [1.29, 1.82) is 0 Å². The number of aromatic nitrogens is 1. The molecule has 3 rings (SSSR count). The number of halogens is 3. The molecule has 1 N–H and O–H groups in total. The summed E-state index contributed by atoms with van der Waals surface area (Å²) in [4.78, 5) is 24.0. The first-order valence-electron chi connectivity index (χ1n) is 9.03. The van der Waals surface area contributed by atoms with Gasteiger partial charge in [-0.3, -0.25) is 9.59 Å². The second-order valence-electron chi connectivity index (χ2n) is 6.31. The van der Waals surface area contributed by atoms with E-state index in [1.807, 2.05) is 24.3 Å². The van der Waals surface area contributed by atoms with E-state index in [1.54, 1.807) is 17.7 Å². The molecule has 0 unspecified atom stereocenters. The maximum absolute atomic E-state index is 12.8. The van der Waals surface area contributed by atoms with Gasteiger partial charge in [-0.2, -0.15) is 18.3 Å². The van der Waals surface area contributed by atoms with Gasteiger partial charge in [0.05, 0.1) is 18.4 Å². The largest absolute Gasteiger partial charge is 0.465 e. The van der Waals surface area contributed by atoms with Gasteiger partial charge >= 0.3 is 12.1 Å². The Bertz CT molecular complexity index is 1100. The van der Waals surface area contributed by atoms with E-state index in [2.05, 4.69) is 10.5 Å². The van der Waals surface area contributed by atoms with Gasteiger partial charge in [0.25, 0.3) is 5.91 Å². The summed E-state index contributed by atoms with van der Waals surface area (Å²) in [6.45, 7) is 2.00. The van der Waals surface area contributed by atoms with Gasteiger partial charge in [-0.05, 0) is 31.2 Å². The average molecular weight is 417 g/mol. The zero-order valence-electron chi connectivity index (χ0n) is 15.9. The van der Waals surface area contributed by atoms with Crippen LogP contribution in [0.5, 0.6) is 0 Å². The minimum Gasteiger partial charge on any atom is -0.465 e. The van der Waals surface area contributed by atoms with Crippen LogP contribution >= 0.6 is 0 Å².